The molecule has 0 aliphatic carbocycles. The van der Waals surface area contributed by atoms with Crippen molar-refractivity contribution in [3.63, 3.8) is 0 Å². The van der Waals surface area contributed by atoms with Gasteiger partial charge in [-0.3, -0.25) is 4.98 Å². The van der Waals surface area contributed by atoms with Crippen LogP contribution < -0.4 is 5.32 Å². The minimum absolute atomic E-state index is 0.268. The van der Waals surface area contributed by atoms with Crippen LogP contribution in [0, 0.1) is 6.92 Å². The van der Waals surface area contributed by atoms with E-state index in [9.17, 15) is 8.42 Å². The SMILES string of the molecule is CNCc1cc(-c2cccnc2)n(S(=O)(=O)c2ccccc2)c1C. The van der Waals surface area contributed by atoms with E-state index in [0.29, 0.717) is 17.9 Å². The van der Waals surface area contributed by atoms with Crippen molar-refractivity contribution in [2.24, 2.45) is 0 Å². The lowest BCUT2D eigenvalue weighted by atomic mass is 10.2. The monoisotopic (exact) mass is 341 g/mol. The van der Waals surface area contributed by atoms with Gasteiger partial charge in [0.05, 0.1) is 10.6 Å². The predicted octanol–water partition coefficient (Wildman–Crippen LogP) is 2.81. The quantitative estimate of drug-likeness (QED) is 0.775. The summed E-state index contributed by atoms with van der Waals surface area (Å²) in [7, 11) is -1.85. The van der Waals surface area contributed by atoms with Crippen molar-refractivity contribution in [1.82, 2.24) is 14.3 Å². The Morgan fingerprint density at radius 3 is 2.50 bits per heavy atom. The molecule has 1 aromatic carbocycles. The van der Waals surface area contributed by atoms with Gasteiger partial charge in [-0.05, 0) is 49.9 Å². The van der Waals surface area contributed by atoms with Gasteiger partial charge in [-0.1, -0.05) is 18.2 Å². The lowest BCUT2D eigenvalue weighted by Gasteiger charge is -2.13. The molecule has 0 unspecified atom stereocenters. The Bertz CT molecular complexity index is 933. The second kappa shape index (κ2) is 6.59. The van der Waals surface area contributed by atoms with Gasteiger partial charge in [0.15, 0.2) is 0 Å². The minimum atomic E-state index is -3.68. The van der Waals surface area contributed by atoms with Gasteiger partial charge in [0.2, 0.25) is 0 Å². The number of benzene rings is 1. The maximum atomic E-state index is 13.2. The fraction of sp³-hybridized carbons (Fsp3) is 0.167. The van der Waals surface area contributed by atoms with Crippen LogP contribution in [0.1, 0.15) is 11.3 Å². The maximum absolute atomic E-state index is 13.2. The molecule has 124 valence electrons. The Morgan fingerprint density at radius 1 is 1.12 bits per heavy atom. The summed E-state index contributed by atoms with van der Waals surface area (Å²) in [6, 6.07) is 14.0. The molecule has 0 amide bonds. The molecule has 2 aromatic heterocycles. The number of rotatable bonds is 5. The van der Waals surface area contributed by atoms with E-state index in [0.717, 1.165) is 11.1 Å². The summed E-state index contributed by atoms with van der Waals surface area (Å²) in [5.74, 6) is 0. The van der Waals surface area contributed by atoms with Gasteiger partial charge in [0.25, 0.3) is 10.0 Å². The van der Waals surface area contributed by atoms with E-state index < -0.39 is 10.0 Å². The number of nitrogens with one attached hydrogen (secondary N) is 1. The fourth-order valence-electron chi connectivity index (χ4n) is 2.73. The largest absolute Gasteiger partial charge is 0.316 e. The first-order chi connectivity index (χ1) is 11.6. The first-order valence-corrected chi connectivity index (χ1v) is 9.06. The van der Waals surface area contributed by atoms with E-state index in [4.69, 9.17) is 0 Å². The summed E-state index contributed by atoms with van der Waals surface area (Å²) in [5, 5.41) is 3.08. The van der Waals surface area contributed by atoms with Gasteiger partial charge in [-0.15, -0.1) is 0 Å². The molecule has 2 heterocycles. The predicted molar refractivity (Wildman–Crippen MR) is 94.2 cm³/mol. The normalized spacial score (nSPS) is 11.6. The molecule has 1 N–H and O–H groups in total. The van der Waals surface area contributed by atoms with Crippen LogP contribution in [0.4, 0.5) is 0 Å². The molecular weight excluding hydrogens is 322 g/mol. The highest BCUT2D eigenvalue weighted by molar-refractivity contribution is 7.90. The zero-order valence-corrected chi connectivity index (χ0v) is 14.4. The van der Waals surface area contributed by atoms with Crippen molar-refractivity contribution < 1.29 is 8.42 Å². The van der Waals surface area contributed by atoms with E-state index in [1.165, 1.54) is 3.97 Å². The summed E-state index contributed by atoms with van der Waals surface area (Å²) in [6.45, 7) is 2.42. The van der Waals surface area contributed by atoms with Gasteiger partial charge in [-0.2, -0.15) is 0 Å². The van der Waals surface area contributed by atoms with Crippen molar-refractivity contribution in [1.29, 1.82) is 0 Å². The zero-order valence-electron chi connectivity index (χ0n) is 13.6. The van der Waals surface area contributed by atoms with Crippen LogP contribution in [0.2, 0.25) is 0 Å². The molecule has 0 radical (unpaired) electrons. The molecule has 0 atom stereocenters. The van der Waals surface area contributed by atoms with Crippen LogP contribution in [0.25, 0.3) is 11.3 Å². The van der Waals surface area contributed by atoms with Gasteiger partial charge in [0, 0.05) is 30.2 Å². The third-order valence-corrected chi connectivity index (χ3v) is 5.72. The van der Waals surface area contributed by atoms with E-state index >= 15 is 0 Å². The first-order valence-electron chi connectivity index (χ1n) is 7.62. The van der Waals surface area contributed by atoms with Crippen molar-refractivity contribution in [2.45, 2.75) is 18.4 Å². The summed E-state index contributed by atoms with van der Waals surface area (Å²) < 4.78 is 27.8. The standard InChI is InChI=1S/C18H19N3O2S/c1-14-16(12-19-2)11-18(15-7-6-10-20-13-15)21(14)24(22,23)17-8-4-3-5-9-17/h3-11,13,19H,12H2,1-2H3. The Kier molecular flexibility index (Phi) is 4.51. The third-order valence-electron chi connectivity index (χ3n) is 3.91. The Labute approximate surface area is 142 Å². The molecule has 3 rings (SSSR count). The summed E-state index contributed by atoms with van der Waals surface area (Å²) in [4.78, 5) is 4.39. The molecule has 0 aliphatic rings. The second-order valence-corrected chi connectivity index (χ2v) is 7.28. The molecule has 0 fully saturated rings. The van der Waals surface area contributed by atoms with Gasteiger partial charge in [0.1, 0.15) is 0 Å². The van der Waals surface area contributed by atoms with Crippen molar-refractivity contribution in [2.75, 3.05) is 7.05 Å². The molecular formula is C18H19N3O2S. The third kappa shape index (κ3) is 2.86. The molecule has 0 bridgehead atoms. The maximum Gasteiger partial charge on any atom is 0.268 e. The smallest absolute Gasteiger partial charge is 0.268 e. The lowest BCUT2D eigenvalue weighted by Crippen LogP contribution is -2.16. The second-order valence-electron chi connectivity index (χ2n) is 5.49. The van der Waals surface area contributed by atoms with Gasteiger partial charge in [-0.25, -0.2) is 12.4 Å². The molecule has 5 nitrogen and oxygen atoms in total. The summed E-state index contributed by atoms with van der Waals surface area (Å²) in [6.07, 6.45) is 3.35. The average Bonchev–Trinajstić information content (AvgIpc) is 2.94. The molecule has 0 saturated heterocycles. The minimum Gasteiger partial charge on any atom is -0.316 e. The molecule has 6 heteroatoms. The molecule has 0 aliphatic heterocycles. The van der Waals surface area contributed by atoms with Gasteiger partial charge < -0.3 is 5.32 Å². The summed E-state index contributed by atoms with van der Waals surface area (Å²) >= 11 is 0. The topological polar surface area (TPSA) is 64.0 Å². The van der Waals surface area contributed by atoms with E-state index in [1.807, 2.05) is 26.1 Å². The van der Waals surface area contributed by atoms with Crippen LogP contribution in [0.15, 0.2) is 65.8 Å². The van der Waals surface area contributed by atoms with E-state index in [2.05, 4.69) is 10.3 Å². The number of pyridine rings is 1. The highest BCUT2D eigenvalue weighted by Crippen LogP contribution is 2.29. The van der Waals surface area contributed by atoms with Crippen LogP contribution in [-0.4, -0.2) is 24.4 Å². The fourth-order valence-corrected chi connectivity index (χ4v) is 4.34. The number of hydrogen-bond acceptors (Lipinski definition) is 4. The van der Waals surface area contributed by atoms with Crippen molar-refractivity contribution >= 4 is 10.0 Å². The van der Waals surface area contributed by atoms with Crippen LogP contribution in [-0.2, 0) is 16.6 Å². The number of aromatic nitrogens is 2. The highest BCUT2D eigenvalue weighted by Gasteiger charge is 2.24. The van der Waals surface area contributed by atoms with Crippen molar-refractivity contribution in [3.05, 3.63) is 72.2 Å². The van der Waals surface area contributed by atoms with E-state index in [-0.39, 0.29) is 4.90 Å². The molecule has 3 aromatic rings. The first kappa shape index (κ1) is 16.4. The Balaban J connectivity index is 2.27. The van der Waals surface area contributed by atoms with E-state index in [1.54, 1.807) is 48.8 Å². The van der Waals surface area contributed by atoms with Crippen LogP contribution >= 0.6 is 0 Å². The zero-order chi connectivity index (χ0) is 17.2. The average molecular weight is 341 g/mol. The van der Waals surface area contributed by atoms with Gasteiger partial charge >= 0.3 is 0 Å². The molecule has 0 spiro atoms. The number of hydrogen-bond donors (Lipinski definition) is 1. The van der Waals surface area contributed by atoms with Crippen LogP contribution in [0.5, 0.6) is 0 Å². The molecule has 24 heavy (non-hydrogen) atoms. The molecule has 0 saturated carbocycles. The Hall–Kier alpha value is -2.44. The summed E-state index contributed by atoms with van der Waals surface area (Å²) in [5.41, 5.74) is 3.03. The highest BCUT2D eigenvalue weighted by atomic mass is 32.2. The van der Waals surface area contributed by atoms with Crippen LogP contribution in [0.3, 0.4) is 0 Å². The van der Waals surface area contributed by atoms with Crippen molar-refractivity contribution in [3.8, 4) is 11.3 Å². The number of nitrogens with zero attached hydrogens (tertiary/aromatic N) is 2. The lowest BCUT2D eigenvalue weighted by molar-refractivity contribution is 0.586. The Morgan fingerprint density at radius 2 is 1.88 bits per heavy atom.